The molecule has 57 heavy (non-hydrogen) atoms. The van der Waals surface area contributed by atoms with E-state index < -0.39 is 74.8 Å². The Morgan fingerprint density at radius 1 is 0.684 bits per heavy atom. The average Bonchev–Trinajstić information content (AvgIpc) is 3.21. The maximum absolute atomic E-state index is 14.3. The number of carbonyl (C=O) groups is 3. The minimum Gasteiger partial charge on any atom is -0.373 e. The van der Waals surface area contributed by atoms with Gasteiger partial charge in [0.1, 0.15) is 31.1 Å². The summed E-state index contributed by atoms with van der Waals surface area (Å²) in [4.78, 5) is 41.8. The molecule has 2 amide bonds. The maximum atomic E-state index is 14.3. The molecule has 0 spiro atoms. The third kappa shape index (κ3) is 19.1. The highest BCUT2D eigenvalue weighted by atomic mass is 19.3. The van der Waals surface area contributed by atoms with Gasteiger partial charge in [0.2, 0.25) is 11.8 Å². The van der Waals surface area contributed by atoms with Crippen molar-refractivity contribution in [1.82, 2.24) is 10.6 Å². The topological polar surface area (TPSA) is 197 Å². The van der Waals surface area contributed by atoms with Gasteiger partial charge in [0, 0.05) is 83.6 Å². The van der Waals surface area contributed by atoms with E-state index in [1.54, 1.807) is 7.05 Å². The number of nitrogens with one attached hydrogen (secondary N) is 2. The Morgan fingerprint density at radius 3 is 1.91 bits per heavy atom. The molecular formula is C37H63F3N2O15. The summed E-state index contributed by atoms with van der Waals surface area (Å²) < 4.78 is 92.2. The van der Waals surface area contributed by atoms with Crippen molar-refractivity contribution < 1.29 is 85.4 Å². The molecular weight excluding hydrogens is 769 g/mol. The highest BCUT2D eigenvalue weighted by Gasteiger charge is 2.47. The number of methoxy groups -OCH3 is 1. The van der Waals surface area contributed by atoms with E-state index in [4.69, 9.17) is 42.6 Å². The van der Waals surface area contributed by atoms with Gasteiger partial charge in [-0.25, -0.2) is 9.18 Å². The molecule has 4 unspecified atom stereocenters. The highest BCUT2D eigenvalue weighted by molar-refractivity contribution is 5.75. The van der Waals surface area contributed by atoms with E-state index in [9.17, 15) is 32.9 Å². The minimum atomic E-state index is -1.34. The molecule has 3 heterocycles. The monoisotopic (exact) mass is 832 g/mol. The Morgan fingerprint density at radius 2 is 1.28 bits per heavy atom. The molecule has 0 radical (unpaired) electrons. The van der Waals surface area contributed by atoms with Gasteiger partial charge >= 0.3 is 5.97 Å². The van der Waals surface area contributed by atoms with Gasteiger partial charge < -0.3 is 58.4 Å². The number of halogens is 3. The van der Waals surface area contributed by atoms with E-state index in [1.165, 1.54) is 7.11 Å². The molecule has 3 aliphatic rings. The predicted molar refractivity (Wildman–Crippen MR) is 191 cm³/mol. The number of hydrogen-bond acceptors (Lipinski definition) is 15. The van der Waals surface area contributed by atoms with E-state index in [0.29, 0.717) is 110 Å². The smallest absolute Gasteiger partial charge is 0.348 e. The van der Waals surface area contributed by atoms with Crippen LogP contribution < -0.4 is 10.6 Å². The van der Waals surface area contributed by atoms with Gasteiger partial charge in [0.05, 0.1) is 0 Å². The van der Waals surface area contributed by atoms with Crippen molar-refractivity contribution >= 4 is 17.8 Å². The second kappa shape index (κ2) is 29.1. The Kier molecular flexibility index (Phi) is 25.0. The first-order valence-electron chi connectivity index (χ1n) is 20.2. The molecule has 0 aliphatic carbocycles. The molecule has 0 bridgehead atoms. The van der Waals surface area contributed by atoms with Crippen LogP contribution in [0.2, 0.25) is 0 Å². The average molecular weight is 833 g/mol. The number of alkyl halides is 1. The molecule has 0 aromatic rings. The second-order valence-electron chi connectivity index (χ2n) is 14.1. The summed E-state index contributed by atoms with van der Waals surface area (Å²) in [5, 5.41) is 15.8. The van der Waals surface area contributed by atoms with Crippen LogP contribution in [0.4, 0.5) is 13.4 Å². The van der Waals surface area contributed by atoms with Crippen LogP contribution in [0, 0.1) is 0 Å². The van der Waals surface area contributed by atoms with Crippen LogP contribution in [-0.4, -0.2) is 132 Å². The minimum absolute atomic E-state index is 0.00369. The summed E-state index contributed by atoms with van der Waals surface area (Å²) >= 11 is 0. The van der Waals surface area contributed by atoms with E-state index in [1.807, 2.05) is 0 Å². The number of amides is 2. The quantitative estimate of drug-likeness (QED) is 0.0914. The van der Waals surface area contributed by atoms with Gasteiger partial charge in [0.25, 0.3) is 0 Å². The van der Waals surface area contributed by atoms with E-state index >= 15 is 0 Å². The number of unbranched alkanes of at least 4 members (excludes halogenated alkanes) is 6. The number of ether oxygens (including phenoxy) is 9. The van der Waals surface area contributed by atoms with Crippen LogP contribution in [0.3, 0.4) is 0 Å². The molecule has 10 atom stereocenters. The second-order valence-corrected chi connectivity index (χ2v) is 14.1. The molecule has 3 fully saturated rings. The van der Waals surface area contributed by atoms with Crippen molar-refractivity contribution in [2.45, 2.75) is 171 Å². The van der Waals surface area contributed by atoms with Crippen molar-refractivity contribution in [3.8, 4) is 0 Å². The predicted octanol–water partition coefficient (Wildman–Crippen LogP) is 4.02. The fraction of sp³-hybridized carbons (Fsp3) is 0.919. The Bertz CT molecular complexity index is 1120. The fourth-order valence-electron chi connectivity index (χ4n) is 6.57. The number of rotatable bonds is 29. The third-order valence-electron chi connectivity index (χ3n) is 9.74. The van der Waals surface area contributed by atoms with Crippen LogP contribution in [0.1, 0.15) is 109 Å². The first kappa shape index (κ1) is 49.1. The van der Waals surface area contributed by atoms with Gasteiger partial charge in [-0.1, -0.05) is 19.3 Å². The lowest BCUT2D eigenvalue weighted by molar-refractivity contribution is -0.415. The van der Waals surface area contributed by atoms with E-state index in [2.05, 4.69) is 20.5 Å². The van der Waals surface area contributed by atoms with E-state index in [0.717, 1.165) is 0 Å². The van der Waals surface area contributed by atoms with Gasteiger partial charge in [-0.3, -0.25) is 14.5 Å². The number of aliphatic hydroxyl groups is 1. The Balaban J connectivity index is 1.57. The first-order valence-corrected chi connectivity index (χ1v) is 20.2. The Hall–Kier alpha value is -2.24. The molecule has 20 heteroatoms. The molecule has 3 rings (SSSR count). The lowest BCUT2D eigenvalue weighted by Crippen LogP contribution is -2.55. The zero-order chi connectivity index (χ0) is 41.3. The lowest BCUT2D eigenvalue weighted by Gasteiger charge is -2.43. The summed E-state index contributed by atoms with van der Waals surface area (Å²) in [5.41, 5.74) is 0. The van der Waals surface area contributed by atoms with Crippen molar-refractivity contribution in [3.05, 3.63) is 0 Å². The standard InChI is InChI=1S/C37H63F3N2O15/c1-41-28(43)12-6-3-11-23-50-34-27(56-39)24-33(54-36-26(16-17-31(47-2)52-36)49-22-10-5-8-14-30(45)57-40)55-37(34)53-32-18-15-25(35(46)51-32)48-21-9-4-7-13-29(44)42-20-19-38/h25-27,31-37,46H,3-24H2,1-2H3,(H,41,43)(H,42,44)/t25-,26-,27?,31-,32+,33-,34-,35?,36?,37?/m0/s1. The van der Waals surface area contributed by atoms with Gasteiger partial charge in [0.15, 0.2) is 37.7 Å². The van der Waals surface area contributed by atoms with Gasteiger partial charge in [-0.05, 0) is 55.9 Å². The van der Waals surface area contributed by atoms with Crippen molar-refractivity contribution in [1.29, 1.82) is 0 Å². The molecule has 0 aromatic heterocycles. The van der Waals surface area contributed by atoms with E-state index in [-0.39, 0.29) is 37.8 Å². The molecule has 332 valence electrons. The number of aliphatic hydroxyl groups excluding tert-OH is 1. The largest absolute Gasteiger partial charge is 0.373 e. The van der Waals surface area contributed by atoms with Crippen molar-refractivity contribution in [2.75, 3.05) is 47.2 Å². The van der Waals surface area contributed by atoms with Crippen molar-refractivity contribution in [2.24, 2.45) is 0 Å². The van der Waals surface area contributed by atoms with Crippen LogP contribution >= 0.6 is 0 Å². The molecule has 0 aromatic carbocycles. The molecule has 3 aliphatic heterocycles. The van der Waals surface area contributed by atoms with Gasteiger partial charge in [-0.2, -0.15) is 4.94 Å². The number of carbonyl (C=O) groups excluding carboxylic acids is 3. The van der Waals surface area contributed by atoms with Crippen LogP contribution in [-0.2, 0) is 66.9 Å². The maximum Gasteiger partial charge on any atom is 0.348 e. The van der Waals surface area contributed by atoms with Gasteiger partial charge in [-0.15, -0.1) is 0 Å². The van der Waals surface area contributed by atoms with Crippen LogP contribution in [0.15, 0.2) is 0 Å². The summed E-state index contributed by atoms with van der Waals surface area (Å²) in [6.45, 7) is 0.213. The lowest BCUT2D eigenvalue weighted by atomic mass is 10.1. The molecule has 3 N–H and O–H groups in total. The zero-order valence-corrected chi connectivity index (χ0v) is 33.1. The first-order chi connectivity index (χ1) is 27.7. The van der Waals surface area contributed by atoms with Crippen LogP contribution in [0.25, 0.3) is 0 Å². The van der Waals surface area contributed by atoms with Crippen molar-refractivity contribution in [3.63, 3.8) is 0 Å². The zero-order valence-electron chi connectivity index (χ0n) is 33.1. The molecule has 3 saturated heterocycles. The third-order valence-corrected chi connectivity index (χ3v) is 9.74. The molecule has 0 saturated carbocycles. The normalized spacial score (nSPS) is 29.2. The summed E-state index contributed by atoms with van der Waals surface area (Å²) in [6.07, 6.45) is -2.09. The summed E-state index contributed by atoms with van der Waals surface area (Å²) in [6, 6.07) is 0. The SMILES string of the molecule is CNC(=O)CCCCCO[C@H]1C(OF)C[C@@H](OC2O[C@H](OC)CC[C@@H]2OCCCCCC(=O)OF)OC1O[C@@H]1CC[C@H](OCCCCCC(=O)NCCF)C(O)O1. The fourth-order valence-corrected chi connectivity index (χ4v) is 6.57. The number of hydrogen-bond donors (Lipinski definition) is 3. The summed E-state index contributed by atoms with van der Waals surface area (Å²) in [5.74, 6) is -1.19. The molecule has 17 nitrogen and oxygen atoms in total. The highest BCUT2D eigenvalue weighted by Crippen LogP contribution is 2.34. The Labute approximate surface area is 332 Å². The van der Waals surface area contributed by atoms with Crippen LogP contribution in [0.5, 0.6) is 0 Å². The summed E-state index contributed by atoms with van der Waals surface area (Å²) in [7, 11) is 3.07.